The molecule has 0 aromatic heterocycles. The third-order valence-corrected chi connectivity index (χ3v) is 6.25. The number of rotatable bonds is 2. The summed E-state index contributed by atoms with van der Waals surface area (Å²) in [5, 5.41) is 0. The Morgan fingerprint density at radius 1 is 0.846 bits per heavy atom. The minimum absolute atomic E-state index is 2.19. The van der Waals surface area contributed by atoms with Crippen molar-refractivity contribution in [2.45, 2.75) is 0 Å². The van der Waals surface area contributed by atoms with Gasteiger partial charge in [0.05, 0.1) is 0 Å². The Hall–Kier alpha value is 2.73. The molecule has 80 valence electrons. The molecule has 0 unspecified atom stereocenters. The number of halogens is 8. The molecule has 0 aliphatic heterocycles. The van der Waals surface area contributed by atoms with Crippen LogP contribution >= 0.6 is 88.6 Å². The standard InChI is InChI=1S/Cl6OSi2.Cl2OSi/c1-8(2,3)7-9(4,5)6;1-4(2)3. The second-order valence-electron chi connectivity index (χ2n) is 1.22. The predicted octanol–water partition coefficient (Wildman–Crippen LogP) is 4.19. The lowest BCUT2D eigenvalue weighted by atomic mass is 15.8. The van der Waals surface area contributed by atoms with Gasteiger partial charge in [-0.1, -0.05) is 88.6 Å². The lowest BCUT2D eigenvalue weighted by Crippen LogP contribution is -2.29. The molecule has 0 spiro atoms. The Kier molecular flexibility index (Phi) is 11.0. The summed E-state index contributed by atoms with van der Waals surface area (Å²) in [6, 6.07) is 0. The molecule has 0 aromatic carbocycles. The number of hydrogen-bond donors (Lipinski definition) is 0. The molecular weight excluding hydrogens is 400 g/mol. The van der Waals surface area contributed by atoms with Crippen LogP contribution < -0.4 is 0 Å². The summed E-state index contributed by atoms with van der Waals surface area (Å²) < 4.78 is 13.7. The highest BCUT2D eigenvalue weighted by molar-refractivity contribution is 7.70. The average molecular weight is 400 g/mol. The molecule has 0 rings (SSSR count). The highest BCUT2D eigenvalue weighted by atomic mass is 35.9. The zero-order valence-corrected chi connectivity index (χ0v) is 14.4. The van der Waals surface area contributed by atoms with E-state index in [1.165, 1.54) is 0 Å². The van der Waals surface area contributed by atoms with E-state index in [0.717, 1.165) is 0 Å². The van der Waals surface area contributed by atoms with Crippen LogP contribution in [0.4, 0.5) is 0 Å². The maximum atomic E-state index is 9.16. The van der Waals surface area contributed by atoms with Gasteiger partial charge in [0.15, 0.2) is 0 Å². The molecule has 13 heteroatoms. The van der Waals surface area contributed by atoms with Gasteiger partial charge < -0.3 is 8.58 Å². The molecule has 13 heavy (non-hydrogen) atoms. The Morgan fingerprint density at radius 2 is 1.00 bits per heavy atom. The third kappa shape index (κ3) is 31.3. The van der Waals surface area contributed by atoms with Crippen LogP contribution in [0.25, 0.3) is 0 Å². The minimum Gasteiger partial charge on any atom is -0.387 e. The summed E-state index contributed by atoms with van der Waals surface area (Å²) in [6.45, 7) is 0. The van der Waals surface area contributed by atoms with E-state index in [0.29, 0.717) is 0 Å². The van der Waals surface area contributed by atoms with Crippen molar-refractivity contribution >= 4 is 108 Å². The monoisotopic (exact) mass is 396 g/mol. The molecule has 0 N–H and O–H groups in total. The van der Waals surface area contributed by atoms with Gasteiger partial charge in [-0.25, -0.2) is 0 Å². The fourth-order valence-electron chi connectivity index (χ4n) is 0.131. The molecule has 0 saturated carbocycles. The van der Waals surface area contributed by atoms with Crippen molar-refractivity contribution in [1.29, 1.82) is 0 Å². The van der Waals surface area contributed by atoms with Crippen molar-refractivity contribution in [2.75, 3.05) is 0 Å². The van der Waals surface area contributed by atoms with E-state index >= 15 is 0 Å². The van der Waals surface area contributed by atoms with E-state index in [4.69, 9.17) is 70.9 Å². The van der Waals surface area contributed by atoms with Gasteiger partial charge in [0, 0.05) is 0 Å². The van der Waals surface area contributed by atoms with Crippen molar-refractivity contribution in [3.05, 3.63) is 0 Å². The molecule has 0 aliphatic carbocycles. The lowest BCUT2D eigenvalue weighted by molar-refractivity contribution is 0.582. The second kappa shape index (κ2) is 7.92. The van der Waals surface area contributed by atoms with Crippen molar-refractivity contribution < 1.29 is 8.58 Å². The van der Waals surface area contributed by atoms with Gasteiger partial charge in [-0.2, -0.15) is 0 Å². The van der Waals surface area contributed by atoms with E-state index in [-0.39, 0.29) is 0 Å². The second-order valence-corrected chi connectivity index (χ2v) is 20.0. The Labute approximate surface area is 116 Å². The maximum Gasteiger partial charge on any atom is 0.493 e. The SMILES string of the molecule is Cl[Si](Cl)(Cl)O[Si](Cl)(Cl)Cl.O=[Si](Cl)Cl. The smallest absolute Gasteiger partial charge is 0.387 e. The Balaban J connectivity index is 0. The van der Waals surface area contributed by atoms with Gasteiger partial charge in [-0.3, -0.25) is 0 Å². The summed E-state index contributed by atoms with van der Waals surface area (Å²) in [4.78, 5) is 0. The van der Waals surface area contributed by atoms with Crippen molar-refractivity contribution in [3.8, 4) is 0 Å². The van der Waals surface area contributed by atoms with Gasteiger partial charge in [0.2, 0.25) is 0 Å². The molecule has 0 aromatic rings. The molecular formula is Cl8O2Si3. The molecule has 0 amide bonds. The zero-order valence-electron chi connectivity index (χ0n) is 5.34. The van der Waals surface area contributed by atoms with Crippen molar-refractivity contribution in [2.24, 2.45) is 0 Å². The first-order valence-electron chi connectivity index (χ1n) is 2.12. The quantitative estimate of drug-likeness (QED) is 0.514. The van der Waals surface area contributed by atoms with E-state index in [1.807, 2.05) is 0 Å². The normalized spacial score (nSPS) is 11.7. The molecule has 0 heterocycles. The van der Waals surface area contributed by atoms with E-state index in [1.54, 1.807) is 0 Å². The molecule has 0 bridgehead atoms. The fraction of sp³-hybridized carbons (Fsp3) is 0. The van der Waals surface area contributed by atoms with E-state index in [9.17, 15) is 0 Å². The van der Waals surface area contributed by atoms with Crippen LogP contribution in [0.2, 0.25) is 0 Å². The molecule has 0 saturated heterocycles. The fourth-order valence-corrected chi connectivity index (χ4v) is 10.6. The van der Waals surface area contributed by atoms with Crippen LogP contribution in [0.15, 0.2) is 0 Å². The predicted molar refractivity (Wildman–Crippen MR) is 65.9 cm³/mol. The largest absolute Gasteiger partial charge is 0.493 e. The van der Waals surface area contributed by atoms with E-state index in [2.05, 4.69) is 26.3 Å². The molecule has 0 radical (unpaired) electrons. The van der Waals surface area contributed by atoms with Crippen LogP contribution in [0, 0.1) is 0 Å². The van der Waals surface area contributed by atoms with Crippen molar-refractivity contribution in [3.63, 3.8) is 0 Å². The topological polar surface area (TPSA) is 26.3 Å². The van der Waals surface area contributed by atoms with Gasteiger partial charge in [0.25, 0.3) is 0 Å². The van der Waals surface area contributed by atoms with Crippen LogP contribution in [0.1, 0.15) is 0 Å². The first-order chi connectivity index (χ1) is 5.44. The van der Waals surface area contributed by atoms with Gasteiger partial charge in [-0.05, 0) is 0 Å². The van der Waals surface area contributed by atoms with Crippen molar-refractivity contribution in [1.82, 2.24) is 0 Å². The summed E-state index contributed by atoms with van der Waals surface area (Å²) in [7, 11) is -2.19. The molecule has 0 fully saturated rings. The molecule has 2 nitrogen and oxygen atoms in total. The van der Waals surface area contributed by atoms with Crippen LogP contribution in [0.5, 0.6) is 0 Å². The summed E-state index contributed by atoms with van der Waals surface area (Å²) >= 11 is 40.7. The van der Waals surface area contributed by atoms with E-state index < -0.39 is 19.8 Å². The summed E-state index contributed by atoms with van der Waals surface area (Å²) in [5.41, 5.74) is 0. The minimum atomic E-state index is -3.21. The summed E-state index contributed by atoms with van der Waals surface area (Å²) in [6.07, 6.45) is -6.42. The zero-order chi connectivity index (χ0) is 11.3. The molecule has 0 atom stereocenters. The highest BCUT2D eigenvalue weighted by Crippen LogP contribution is 2.32. The van der Waals surface area contributed by atoms with Gasteiger partial charge in [0.1, 0.15) is 0 Å². The van der Waals surface area contributed by atoms with Gasteiger partial charge in [-0.15, -0.1) is 0 Å². The lowest BCUT2D eigenvalue weighted by Gasteiger charge is -2.13. The van der Waals surface area contributed by atoms with Gasteiger partial charge >= 0.3 is 19.8 Å². The first-order valence-corrected chi connectivity index (χ1v) is 15.4. The third-order valence-electron chi connectivity index (χ3n) is 0.231. The first kappa shape index (κ1) is 18.1. The van der Waals surface area contributed by atoms with Crippen LogP contribution in [-0.2, 0) is 8.58 Å². The number of hydrogen-bond acceptors (Lipinski definition) is 2. The average Bonchev–Trinajstić information content (AvgIpc) is 1.47. The van der Waals surface area contributed by atoms with Crippen LogP contribution in [-0.4, -0.2) is 19.8 Å². The van der Waals surface area contributed by atoms with Crippen LogP contribution in [0.3, 0.4) is 0 Å². The Morgan fingerprint density at radius 3 is 1.00 bits per heavy atom. The maximum absolute atomic E-state index is 9.16. The highest BCUT2D eigenvalue weighted by Gasteiger charge is 2.41. The Bertz CT molecular complexity index is 140. The summed E-state index contributed by atoms with van der Waals surface area (Å²) in [5.74, 6) is 0. The molecule has 0 aliphatic rings.